The summed E-state index contributed by atoms with van der Waals surface area (Å²) in [5.41, 5.74) is 5.62. The number of nitrogens with one attached hydrogen (secondary N) is 2. The number of aromatic nitrogens is 1. The van der Waals surface area contributed by atoms with Crippen LogP contribution in [0.2, 0.25) is 0 Å². The van der Waals surface area contributed by atoms with Gasteiger partial charge in [0.2, 0.25) is 0 Å². The van der Waals surface area contributed by atoms with Gasteiger partial charge in [-0.05, 0) is 12.3 Å². The Bertz CT molecular complexity index is 499. The lowest BCUT2D eigenvalue weighted by Gasteiger charge is -2.37. The number of nitrogen functional groups attached to an aromatic ring is 1. The van der Waals surface area contributed by atoms with Gasteiger partial charge in [0.1, 0.15) is 0 Å². The Morgan fingerprint density at radius 2 is 2.41 bits per heavy atom. The molecule has 1 aromatic rings. The second kappa shape index (κ2) is 7.68. The predicted octanol–water partition coefficient (Wildman–Crippen LogP) is 1.50. The zero-order chi connectivity index (χ0) is 16.1. The number of alkyl halides is 2. The summed E-state index contributed by atoms with van der Waals surface area (Å²) in [6.07, 6.45) is 0.0431. The van der Waals surface area contributed by atoms with Crippen LogP contribution in [-0.4, -0.2) is 48.0 Å². The van der Waals surface area contributed by atoms with E-state index in [2.05, 4.69) is 20.5 Å². The summed E-state index contributed by atoms with van der Waals surface area (Å²) in [5.74, 6) is 0.247. The number of carbonyl (C=O) groups is 1. The Kier molecular flexibility index (Phi) is 5.90. The topological polar surface area (TPSA) is 83.3 Å². The van der Waals surface area contributed by atoms with Gasteiger partial charge in [-0.2, -0.15) is 0 Å². The number of hydrogen-bond acceptors (Lipinski definition) is 5. The van der Waals surface area contributed by atoms with Crippen LogP contribution < -0.4 is 16.4 Å². The van der Waals surface area contributed by atoms with Gasteiger partial charge in [-0.1, -0.05) is 6.92 Å². The molecule has 0 aromatic carbocycles. The molecule has 2 atom stereocenters. The van der Waals surface area contributed by atoms with Crippen LogP contribution in [0.15, 0.2) is 6.20 Å². The molecule has 0 radical (unpaired) electrons. The lowest BCUT2D eigenvalue weighted by molar-refractivity contribution is 0.134. The van der Waals surface area contributed by atoms with Gasteiger partial charge < -0.3 is 16.4 Å². The Hall–Kier alpha value is -1.48. The molecule has 6 nitrogen and oxygen atoms in total. The molecule has 1 aromatic heterocycles. The first kappa shape index (κ1) is 16.9. The summed E-state index contributed by atoms with van der Waals surface area (Å²) in [6.45, 7) is 3.89. The Balaban J connectivity index is 1.76. The number of likely N-dealkylation sites (tertiary alicyclic amines) is 1. The first-order valence-electron chi connectivity index (χ1n) is 7.19. The van der Waals surface area contributed by atoms with Crippen molar-refractivity contribution >= 4 is 22.5 Å². The first-order chi connectivity index (χ1) is 10.4. The van der Waals surface area contributed by atoms with Crippen LogP contribution in [0.5, 0.6) is 0 Å². The number of rotatable bonds is 5. The maximum atomic E-state index is 12.0. The van der Waals surface area contributed by atoms with Crippen LogP contribution in [0.25, 0.3) is 0 Å². The number of urea groups is 1. The van der Waals surface area contributed by atoms with E-state index < -0.39 is 19.0 Å². The van der Waals surface area contributed by atoms with E-state index in [1.165, 1.54) is 11.3 Å². The largest absolute Gasteiger partial charge is 0.375 e. The van der Waals surface area contributed by atoms with Gasteiger partial charge in [0.05, 0.1) is 6.54 Å². The summed E-state index contributed by atoms with van der Waals surface area (Å²) in [4.78, 5) is 19.0. The fraction of sp³-hybridized carbons (Fsp3) is 0.692. The maximum absolute atomic E-state index is 12.0. The second-order valence-corrected chi connectivity index (χ2v) is 6.66. The van der Waals surface area contributed by atoms with Crippen molar-refractivity contribution in [1.82, 2.24) is 20.5 Å². The summed E-state index contributed by atoms with van der Waals surface area (Å²) in [5, 5.41) is 5.51. The molecule has 2 amide bonds. The molecule has 0 spiro atoms. The molecule has 4 N–H and O–H groups in total. The highest BCUT2D eigenvalue weighted by Gasteiger charge is 2.27. The molecule has 0 saturated carbocycles. The smallest absolute Gasteiger partial charge is 0.315 e. The van der Waals surface area contributed by atoms with Gasteiger partial charge in [-0.15, -0.1) is 11.3 Å². The van der Waals surface area contributed by atoms with Crippen molar-refractivity contribution in [3.8, 4) is 0 Å². The highest BCUT2D eigenvalue weighted by molar-refractivity contribution is 7.15. The van der Waals surface area contributed by atoms with E-state index in [0.29, 0.717) is 5.13 Å². The molecule has 1 aliphatic heterocycles. The van der Waals surface area contributed by atoms with Gasteiger partial charge in [0.15, 0.2) is 5.13 Å². The average molecular weight is 333 g/mol. The highest BCUT2D eigenvalue weighted by Crippen LogP contribution is 2.22. The molecule has 124 valence electrons. The van der Waals surface area contributed by atoms with Gasteiger partial charge >= 0.3 is 6.03 Å². The second-order valence-electron chi connectivity index (χ2n) is 5.52. The SMILES string of the molecule is CC1CN(Cc2cnc(N)s2)CCC1NC(=O)NCC(F)F. The fourth-order valence-electron chi connectivity index (χ4n) is 2.60. The molecule has 2 heterocycles. The van der Waals surface area contributed by atoms with Crippen molar-refractivity contribution < 1.29 is 13.6 Å². The summed E-state index contributed by atoms with van der Waals surface area (Å²) >= 11 is 1.48. The normalized spacial score (nSPS) is 22.7. The van der Waals surface area contributed by atoms with Gasteiger partial charge in [-0.3, -0.25) is 4.90 Å². The molecule has 9 heteroatoms. The minimum Gasteiger partial charge on any atom is -0.375 e. The van der Waals surface area contributed by atoms with E-state index >= 15 is 0 Å². The van der Waals surface area contributed by atoms with Crippen LogP contribution in [0.1, 0.15) is 18.2 Å². The summed E-state index contributed by atoms with van der Waals surface area (Å²) < 4.78 is 24.1. The molecular formula is C13H21F2N5OS. The van der Waals surface area contributed by atoms with E-state index in [4.69, 9.17) is 5.73 Å². The first-order valence-corrected chi connectivity index (χ1v) is 8.00. The number of carbonyl (C=O) groups excluding carboxylic acids is 1. The molecular weight excluding hydrogens is 312 g/mol. The minimum atomic E-state index is -2.53. The van der Waals surface area contributed by atoms with Gasteiger partial charge in [0, 0.05) is 36.8 Å². The molecule has 2 rings (SSSR count). The van der Waals surface area contributed by atoms with Crippen molar-refractivity contribution in [3.05, 3.63) is 11.1 Å². The van der Waals surface area contributed by atoms with E-state index in [1.807, 2.05) is 6.92 Å². The van der Waals surface area contributed by atoms with E-state index in [9.17, 15) is 13.6 Å². The third kappa shape index (κ3) is 5.06. The van der Waals surface area contributed by atoms with E-state index in [0.717, 1.165) is 30.9 Å². The number of hydrogen-bond donors (Lipinski definition) is 3. The van der Waals surface area contributed by atoms with Crippen molar-refractivity contribution in [2.24, 2.45) is 5.92 Å². The minimum absolute atomic E-state index is 0.000419. The van der Waals surface area contributed by atoms with E-state index in [1.54, 1.807) is 6.20 Å². The number of nitrogens with two attached hydrogens (primary N) is 1. The number of piperidine rings is 1. The Morgan fingerprint density at radius 3 is 3.00 bits per heavy atom. The number of thiazole rings is 1. The lowest BCUT2D eigenvalue weighted by Crippen LogP contribution is -2.52. The Morgan fingerprint density at radius 1 is 1.64 bits per heavy atom. The van der Waals surface area contributed by atoms with E-state index in [-0.39, 0.29) is 12.0 Å². The lowest BCUT2D eigenvalue weighted by atomic mass is 9.94. The third-order valence-corrected chi connectivity index (χ3v) is 4.48. The molecule has 1 saturated heterocycles. The standard InChI is InChI=1S/C13H21F2N5OS/c1-8-6-20(7-9-4-17-12(16)22-9)3-2-10(8)19-13(21)18-5-11(14)15/h4,8,10-11H,2-3,5-7H2,1H3,(H2,16,17)(H2,18,19,21). The zero-order valence-corrected chi connectivity index (χ0v) is 13.2. The van der Waals surface area contributed by atoms with Crippen LogP contribution in [0, 0.1) is 5.92 Å². The highest BCUT2D eigenvalue weighted by atomic mass is 32.1. The van der Waals surface area contributed by atoms with Crippen LogP contribution in [0.3, 0.4) is 0 Å². The summed E-state index contributed by atoms with van der Waals surface area (Å²) in [6, 6.07) is -0.527. The molecule has 1 fully saturated rings. The monoisotopic (exact) mass is 333 g/mol. The van der Waals surface area contributed by atoms with Crippen LogP contribution in [0.4, 0.5) is 18.7 Å². The number of nitrogens with zero attached hydrogens (tertiary/aromatic N) is 2. The van der Waals surface area contributed by atoms with Crippen LogP contribution >= 0.6 is 11.3 Å². The number of anilines is 1. The molecule has 22 heavy (non-hydrogen) atoms. The maximum Gasteiger partial charge on any atom is 0.315 e. The summed E-state index contributed by atoms with van der Waals surface area (Å²) in [7, 11) is 0. The molecule has 0 bridgehead atoms. The number of amides is 2. The Labute approximate surface area is 132 Å². The predicted molar refractivity (Wildman–Crippen MR) is 81.9 cm³/mol. The zero-order valence-electron chi connectivity index (χ0n) is 12.4. The van der Waals surface area contributed by atoms with Gasteiger partial charge in [-0.25, -0.2) is 18.6 Å². The van der Waals surface area contributed by atoms with Gasteiger partial charge in [0.25, 0.3) is 6.43 Å². The van der Waals surface area contributed by atoms with Crippen molar-refractivity contribution in [2.75, 3.05) is 25.4 Å². The molecule has 2 unspecified atom stereocenters. The quantitative estimate of drug-likeness (QED) is 0.762. The fourth-order valence-corrected chi connectivity index (χ4v) is 3.32. The molecule has 0 aliphatic carbocycles. The third-order valence-electron chi connectivity index (χ3n) is 3.67. The van der Waals surface area contributed by atoms with Crippen LogP contribution in [-0.2, 0) is 6.54 Å². The van der Waals surface area contributed by atoms with Crippen molar-refractivity contribution in [1.29, 1.82) is 0 Å². The average Bonchev–Trinajstić information content (AvgIpc) is 2.85. The number of halogens is 2. The molecule has 1 aliphatic rings. The van der Waals surface area contributed by atoms with Crippen molar-refractivity contribution in [2.45, 2.75) is 32.4 Å². The van der Waals surface area contributed by atoms with Crippen molar-refractivity contribution in [3.63, 3.8) is 0 Å².